The molecule has 1 fully saturated rings. The fourth-order valence-corrected chi connectivity index (χ4v) is 3.19. The number of morpholine rings is 1. The maximum atomic E-state index is 12.2. The number of halogens is 1. The summed E-state index contributed by atoms with van der Waals surface area (Å²) in [6.45, 7) is 5.61. The minimum absolute atomic E-state index is 0.00436. The van der Waals surface area contributed by atoms with E-state index >= 15 is 0 Å². The van der Waals surface area contributed by atoms with Crippen molar-refractivity contribution in [1.29, 1.82) is 0 Å². The molecule has 0 saturated carbocycles. The van der Waals surface area contributed by atoms with Crippen molar-refractivity contribution in [2.45, 2.75) is 26.4 Å². The Morgan fingerprint density at radius 3 is 2.80 bits per heavy atom. The highest BCUT2D eigenvalue weighted by atomic mass is 35.5. The maximum Gasteiger partial charge on any atom is 0.225 e. The van der Waals surface area contributed by atoms with Gasteiger partial charge in [-0.2, -0.15) is 0 Å². The van der Waals surface area contributed by atoms with Crippen LogP contribution in [0.5, 0.6) is 0 Å². The molecule has 0 aliphatic carbocycles. The number of amides is 1. The highest BCUT2D eigenvalue weighted by Gasteiger charge is 2.27. The summed E-state index contributed by atoms with van der Waals surface area (Å²) < 4.78 is 5.82. The molecule has 3 rings (SSSR count). The number of ether oxygens (including phenoxy) is 1. The lowest BCUT2D eigenvalue weighted by Gasteiger charge is -2.33. The standard InChI is InChI=1S/C20H23ClN2O2/c1-14(2)20(24)23-9-10-25-19(13-23)18-8-7-15(12-22-18)11-16-5-3-4-6-17(16)21/h3-8,12,14,19H,9-11,13H2,1-2H3. The van der Waals surface area contributed by atoms with Gasteiger partial charge < -0.3 is 9.64 Å². The van der Waals surface area contributed by atoms with Crippen molar-refractivity contribution < 1.29 is 9.53 Å². The monoisotopic (exact) mass is 358 g/mol. The van der Waals surface area contributed by atoms with Gasteiger partial charge in [-0.15, -0.1) is 0 Å². The molecule has 1 unspecified atom stereocenters. The Kier molecular flexibility index (Phi) is 5.71. The first kappa shape index (κ1) is 17.9. The molecule has 2 heterocycles. The zero-order valence-corrected chi connectivity index (χ0v) is 15.4. The van der Waals surface area contributed by atoms with Gasteiger partial charge in [-0.25, -0.2) is 0 Å². The van der Waals surface area contributed by atoms with E-state index in [9.17, 15) is 4.79 Å². The Balaban J connectivity index is 1.68. The number of nitrogens with zero attached hydrogens (tertiary/aromatic N) is 2. The number of carbonyl (C=O) groups excluding carboxylic acids is 1. The lowest BCUT2D eigenvalue weighted by Crippen LogP contribution is -2.44. The van der Waals surface area contributed by atoms with Gasteiger partial charge in [0.05, 0.1) is 18.8 Å². The fraction of sp³-hybridized carbons (Fsp3) is 0.400. The molecule has 1 saturated heterocycles. The molecular weight excluding hydrogens is 336 g/mol. The van der Waals surface area contributed by atoms with Gasteiger partial charge in [0.25, 0.3) is 0 Å². The minimum Gasteiger partial charge on any atom is -0.368 e. The molecule has 4 nitrogen and oxygen atoms in total. The molecule has 1 aliphatic heterocycles. The second-order valence-corrected chi connectivity index (χ2v) is 7.07. The molecule has 1 amide bonds. The normalized spacial score (nSPS) is 17.8. The van der Waals surface area contributed by atoms with Crippen LogP contribution in [0, 0.1) is 5.92 Å². The largest absolute Gasteiger partial charge is 0.368 e. The lowest BCUT2D eigenvalue weighted by molar-refractivity contribution is -0.142. The minimum atomic E-state index is -0.161. The summed E-state index contributed by atoms with van der Waals surface area (Å²) in [5, 5.41) is 0.769. The first-order chi connectivity index (χ1) is 12.0. The van der Waals surface area contributed by atoms with Crippen LogP contribution in [0.1, 0.15) is 36.8 Å². The number of hydrogen-bond acceptors (Lipinski definition) is 3. The first-order valence-corrected chi connectivity index (χ1v) is 9.01. The van der Waals surface area contributed by atoms with Gasteiger partial charge >= 0.3 is 0 Å². The summed E-state index contributed by atoms with van der Waals surface area (Å²) in [5.74, 6) is 0.174. The number of carbonyl (C=O) groups is 1. The molecule has 0 spiro atoms. The molecule has 0 bridgehead atoms. The van der Waals surface area contributed by atoms with E-state index in [0.29, 0.717) is 19.7 Å². The van der Waals surface area contributed by atoms with Crippen LogP contribution in [0.25, 0.3) is 0 Å². The van der Waals surface area contributed by atoms with Crippen LogP contribution in [0.15, 0.2) is 42.6 Å². The second kappa shape index (κ2) is 7.98. The summed E-state index contributed by atoms with van der Waals surface area (Å²) in [6.07, 6.45) is 2.45. The molecule has 1 aromatic carbocycles. The molecule has 132 valence electrons. The second-order valence-electron chi connectivity index (χ2n) is 6.66. The van der Waals surface area contributed by atoms with Gasteiger partial charge in [-0.3, -0.25) is 9.78 Å². The fourth-order valence-electron chi connectivity index (χ4n) is 2.99. The smallest absolute Gasteiger partial charge is 0.225 e. The van der Waals surface area contributed by atoms with E-state index in [1.807, 2.05) is 55.3 Å². The third-order valence-electron chi connectivity index (χ3n) is 4.40. The van der Waals surface area contributed by atoms with Crippen LogP contribution in [0.3, 0.4) is 0 Å². The average molecular weight is 359 g/mol. The third-order valence-corrected chi connectivity index (χ3v) is 4.77. The highest BCUT2D eigenvalue weighted by Crippen LogP contribution is 2.23. The zero-order valence-electron chi connectivity index (χ0n) is 14.6. The maximum absolute atomic E-state index is 12.2. The van der Waals surface area contributed by atoms with Crippen LogP contribution in [-0.4, -0.2) is 35.5 Å². The van der Waals surface area contributed by atoms with Gasteiger partial charge in [0, 0.05) is 30.1 Å². The summed E-state index contributed by atoms with van der Waals surface area (Å²) in [7, 11) is 0. The van der Waals surface area contributed by atoms with E-state index in [-0.39, 0.29) is 17.9 Å². The van der Waals surface area contributed by atoms with Gasteiger partial charge in [0.1, 0.15) is 6.10 Å². The molecule has 0 N–H and O–H groups in total. The van der Waals surface area contributed by atoms with Gasteiger partial charge in [0.2, 0.25) is 5.91 Å². The topological polar surface area (TPSA) is 42.4 Å². The van der Waals surface area contributed by atoms with E-state index in [2.05, 4.69) is 11.1 Å². The molecule has 25 heavy (non-hydrogen) atoms. The third kappa shape index (κ3) is 4.39. The van der Waals surface area contributed by atoms with E-state index in [0.717, 1.165) is 28.3 Å². The average Bonchev–Trinajstić information content (AvgIpc) is 2.63. The van der Waals surface area contributed by atoms with Crippen molar-refractivity contribution >= 4 is 17.5 Å². The van der Waals surface area contributed by atoms with Crippen molar-refractivity contribution in [3.63, 3.8) is 0 Å². The van der Waals surface area contributed by atoms with Crippen molar-refractivity contribution in [3.05, 3.63) is 64.4 Å². The van der Waals surface area contributed by atoms with Gasteiger partial charge in [-0.05, 0) is 23.3 Å². The van der Waals surface area contributed by atoms with Crippen molar-refractivity contribution in [2.24, 2.45) is 5.92 Å². The molecular formula is C20H23ClN2O2. The van der Waals surface area contributed by atoms with Crippen molar-refractivity contribution in [1.82, 2.24) is 9.88 Å². The first-order valence-electron chi connectivity index (χ1n) is 8.63. The molecule has 2 aromatic rings. The molecule has 0 radical (unpaired) electrons. The predicted molar refractivity (Wildman–Crippen MR) is 98.6 cm³/mol. The molecule has 1 aliphatic rings. The van der Waals surface area contributed by atoms with Crippen LogP contribution in [0.4, 0.5) is 0 Å². The van der Waals surface area contributed by atoms with Crippen LogP contribution >= 0.6 is 11.6 Å². The predicted octanol–water partition coefficient (Wildman–Crippen LogP) is 3.88. The molecule has 5 heteroatoms. The van der Waals surface area contributed by atoms with E-state index in [1.165, 1.54) is 0 Å². The number of rotatable bonds is 4. The van der Waals surface area contributed by atoms with E-state index in [1.54, 1.807) is 0 Å². The van der Waals surface area contributed by atoms with E-state index in [4.69, 9.17) is 16.3 Å². The Hall–Kier alpha value is -1.91. The molecule has 1 aromatic heterocycles. The molecule has 1 atom stereocenters. The Bertz CT molecular complexity index is 731. The summed E-state index contributed by atoms with van der Waals surface area (Å²) in [4.78, 5) is 18.6. The number of aromatic nitrogens is 1. The number of hydrogen-bond donors (Lipinski definition) is 0. The summed E-state index contributed by atoms with van der Waals surface area (Å²) >= 11 is 6.22. The van der Waals surface area contributed by atoms with Crippen molar-refractivity contribution in [2.75, 3.05) is 19.7 Å². The number of pyridine rings is 1. The SMILES string of the molecule is CC(C)C(=O)N1CCOC(c2ccc(Cc3ccccc3Cl)cn2)C1. The quantitative estimate of drug-likeness (QED) is 0.832. The zero-order chi connectivity index (χ0) is 17.8. The van der Waals surface area contributed by atoms with Crippen LogP contribution < -0.4 is 0 Å². The van der Waals surface area contributed by atoms with Crippen molar-refractivity contribution in [3.8, 4) is 0 Å². The van der Waals surface area contributed by atoms with Gasteiger partial charge in [0.15, 0.2) is 0 Å². The Labute approximate surface area is 153 Å². The summed E-state index contributed by atoms with van der Waals surface area (Å²) in [5.41, 5.74) is 3.05. The van der Waals surface area contributed by atoms with Crippen LogP contribution in [0.2, 0.25) is 5.02 Å². The Morgan fingerprint density at radius 1 is 1.32 bits per heavy atom. The van der Waals surface area contributed by atoms with E-state index < -0.39 is 0 Å². The van der Waals surface area contributed by atoms with Crippen LogP contribution in [-0.2, 0) is 16.0 Å². The highest BCUT2D eigenvalue weighted by molar-refractivity contribution is 6.31. The summed E-state index contributed by atoms with van der Waals surface area (Å²) in [6, 6.07) is 11.9. The lowest BCUT2D eigenvalue weighted by atomic mass is 10.1. The van der Waals surface area contributed by atoms with Gasteiger partial charge in [-0.1, -0.05) is 49.7 Å². The number of benzene rings is 1. The Morgan fingerprint density at radius 2 is 2.12 bits per heavy atom.